The third-order valence-corrected chi connectivity index (χ3v) is 9.40. The maximum atomic E-state index is 12.0. The van der Waals surface area contributed by atoms with Crippen LogP contribution < -0.4 is 5.32 Å². The molecule has 0 saturated heterocycles. The topological polar surface area (TPSA) is 62.2 Å². The lowest BCUT2D eigenvalue weighted by atomic mass is 10.1. The van der Waals surface area contributed by atoms with E-state index in [1.807, 2.05) is 36.4 Å². The third-order valence-electron chi connectivity index (χ3n) is 6.32. The predicted molar refractivity (Wildman–Crippen MR) is 147 cm³/mol. The highest BCUT2D eigenvalue weighted by Crippen LogP contribution is 2.43. The van der Waals surface area contributed by atoms with E-state index in [0.717, 1.165) is 46.7 Å². The highest BCUT2D eigenvalue weighted by Gasteiger charge is 2.24. The zero-order chi connectivity index (χ0) is 24.4. The van der Waals surface area contributed by atoms with Crippen molar-refractivity contribution in [1.82, 2.24) is 4.98 Å². The standard InChI is InChI=1S/C27H24Cl2N2O2S2/c28-19-12-11-18(14-20(19)29)24-21(13-10-16-6-2-1-3-7-16)30-27(35-24)31-22-15-23(17-8-4-5-9-17)34-25(22)26(32)33/h1-3,6-7,11-12,14-15,17H,4-5,8-10,13H2,(H,30,31)(H,32,33). The van der Waals surface area contributed by atoms with Crippen LogP contribution in [0.15, 0.2) is 54.6 Å². The summed E-state index contributed by atoms with van der Waals surface area (Å²) < 4.78 is 0. The van der Waals surface area contributed by atoms with Gasteiger partial charge in [0, 0.05) is 4.88 Å². The lowest BCUT2D eigenvalue weighted by Crippen LogP contribution is -1.98. The van der Waals surface area contributed by atoms with Crippen LogP contribution in [0.5, 0.6) is 0 Å². The van der Waals surface area contributed by atoms with Crippen molar-refractivity contribution in [2.45, 2.75) is 44.4 Å². The van der Waals surface area contributed by atoms with Crippen LogP contribution in [-0.2, 0) is 12.8 Å². The molecule has 35 heavy (non-hydrogen) atoms. The van der Waals surface area contributed by atoms with Crippen LogP contribution in [0.2, 0.25) is 10.0 Å². The molecule has 2 N–H and O–H groups in total. The SMILES string of the molecule is O=C(O)c1sc(C2CCCC2)cc1Nc1nc(CCc2ccccc2)c(-c2ccc(Cl)c(Cl)c2)s1. The first-order valence-corrected chi connectivity index (χ1v) is 14.0. The van der Waals surface area contributed by atoms with Crippen LogP contribution in [0.1, 0.15) is 57.4 Å². The first kappa shape index (κ1) is 24.3. The minimum Gasteiger partial charge on any atom is -0.477 e. The van der Waals surface area contributed by atoms with Crippen molar-refractivity contribution in [2.24, 2.45) is 0 Å². The number of aromatic nitrogens is 1. The molecule has 2 aromatic carbocycles. The number of thiazole rings is 1. The molecule has 2 heterocycles. The van der Waals surface area contributed by atoms with E-state index in [1.165, 1.54) is 41.1 Å². The summed E-state index contributed by atoms with van der Waals surface area (Å²) in [6.07, 6.45) is 6.27. The minimum atomic E-state index is -0.910. The van der Waals surface area contributed by atoms with Gasteiger partial charge >= 0.3 is 5.97 Å². The Kier molecular flexibility index (Phi) is 7.44. The molecule has 4 aromatic rings. The molecule has 1 saturated carbocycles. The van der Waals surface area contributed by atoms with Crippen LogP contribution >= 0.6 is 45.9 Å². The first-order chi connectivity index (χ1) is 17.0. The van der Waals surface area contributed by atoms with Gasteiger partial charge in [-0.1, -0.05) is 83.8 Å². The van der Waals surface area contributed by atoms with Crippen molar-refractivity contribution in [2.75, 3.05) is 5.32 Å². The van der Waals surface area contributed by atoms with Gasteiger partial charge in [-0.25, -0.2) is 9.78 Å². The van der Waals surface area contributed by atoms with Gasteiger partial charge in [0.05, 0.1) is 26.3 Å². The fourth-order valence-electron chi connectivity index (χ4n) is 4.53. The van der Waals surface area contributed by atoms with Gasteiger partial charge < -0.3 is 10.4 Å². The van der Waals surface area contributed by atoms with Crippen molar-refractivity contribution in [3.8, 4) is 10.4 Å². The Morgan fingerprint density at radius 3 is 2.49 bits per heavy atom. The summed E-state index contributed by atoms with van der Waals surface area (Å²) in [6.45, 7) is 0. The zero-order valence-corrected chi connectivity index (χ0v) is 22.0. The van der Waals surface area contributed by atoms with E-state index in [9.17, 15) is 9.90 Å². The van der Waals surface area contributed by atoms with Gasteiger partial charge in [-0.3, -0.25) is 0 Å². The van der Waals surface area contributed by atoms with Crippen LogP contribution in [-0.4, -0.2) is 16.1 Å². The number of hydrogen-bond donors (Lipinski definition) is 2. The van der Waals surface area contributed by atoms with Gasteiger partial charge in [0.15, 0.2) is 5.13 Å². The molecular formula is C27H24Cl2N2O2S2. The van der Waals surface area contributed by atoms with E-state index in [0.29, 0.717) is 31.7 Å². The lowest BCUT2D eigenvalue weighted by Gasteiger charge is -2.04. The maximum Gasteiger partial charge on any atom is 0.348 e. The smallest absolute Gasteiger partial charge is 0.348 e. The van der Waals surface area contributed by atoms with Crippen LogP contribution in [0.25, 0.3) is 10.4 Å². The molecule has 1 fully saturated rings. The van der Waals surface area contributed by atoms with Crippen molar-refractivity contribution in [1.29, 1.82) is 0 Å². The molecule has 0 bridgehead atoms. The Bertz CT molecular complexity index is 1340. The molecular weight excluding hydrogens is 519 g/mol. The number of nitrogens with zero attached hydrogens (tertiary/aromatic N) is 1. The number of anilines is 2. The van der Waals surface area contributed by atoms with E-state index < -0.39 is 5.97 Å². The number of carboxylic acid groups (broad SMARTS) is 1. The Morgan fingerprint density at radius 1 is 1.00 bits per heavy atom. The third kappa shape index (κ3) is 5.56. The number of halogens is 2. The number of aryl methyl sites for hydroxylation is 2. The molecule has 5 rings (SSSR count). The van der Waals surface area contributed by atoms with Crippen molar-refractivity contribution < 1.29 is 9.90 Å². The predicted octanol–water partition coefficient (Wildman–Crippen LogP) is 9.06. The summed E-state index contributed by atoms with van der Waals surface area (Å²) in [4.78, 5) is 19.4. The largest absolute Gasteiger partial charge is 0.477 e. The second-order valence-corrected chi connectivity index (χ2v) is 11.6. The molecule has 2 aromatic heterocycles. The molecule has 0 amide bonds. The number of nitrogens with one attached hydrogen (secondary N) is 1. The number of rotatable bonds is 8. The number of carboxylic acids is 1. The fourth-order valence-corrected chi connectivity index (χ4v) is 6.97. The summed E-state index contributed by atoms with van der Waals surface area (Å²) in [5, 5.41) is 14.8. The molecule has 0 atom stereocenters. The molecule has 0 unspecified atom stereocenters. The molecule has 0 spiro atoms. The molecule has 0 aliphatic heterocycles. The van der Waals surface area contributed by atoms with Gasteiger partial charge in [0.25, 0.3) is 0 Å². The minimum absolute atomic E-state index is 0.337. The van der Waals surface area contributed by atoms with Crippen molar-refractivity contribution in [3.05, 3.63) is 85.7 Å². The maximum absolute atomic E-state index is 12.0. The van der Waals surface area contributed by atoms with Crippen molar-refractivity contribution >= 4 is 62.7 Å². The fraction of sp³-hybridized carbons (Fsp3) is 0.259. The summed E-state index contributed by atoms with van der Waals surface area (Å²) in [5.74, 6) is -0.453. The second-order valence-electron chi connectivity index (χ2n) is 8.71. The summed E-state index contributed by atoms with van der Waals surface area (Å²) in [5.41, 5.74) is 3.75. The summed E-state index contributed by atoms with van der Waals surface area (Å²) in [6, 6.07) is 17.9. The highest BCUT2D eigenvalue weighted by molar-refractivity contribution is 7.19. The van der Waals surface area contributed by atoms with Gasteiger partial charge in [0.2, 0.25) is 0 Å². The monoisotopic (exact) mass is 542 g/mol. The van der Waals surface area contributed by atoms with E-state index in [2.05, 4.69) is 17.4 Å². The van der Waals surface area contributed by atoms with Crippen LogP contribution in [0.3, 0.4) is 0 Å². The highest BCUT2D eigenvalue weighted by atomic mass is 35.5. The quantitative estimate of drug-likeness (QED) is 0.233. The zero-order valence-electron chi connectivity index (χ0n) is 18.9. The van der Waals surface area contributed by atoms with Crippen LogP contribution in [0, 0.1) is 0 Å². The average Bonchev–Trinajstić information content (AvgIpc) is 3.60. The molecule has 1 aliphatic rings. The lowest BCUT2D eigenvalue weighted by molar-refractivity contribution is 0.0703. The van der Waals surface area contributed by atoms with Gasteiger partial charge in [0.1, 0.15) is 4.88 Å². The summed E-state index contributed by atoms with van der Waals surface area (Å²) in [7, 11) is 0. The number of benzene rings is 2. The Morgan fingerprint density at radius 2 is 1.77 bits per heavy atom. The van der Waals surface area contributed by atoms with E-state index >= 15 is 0 Å². The molecule has 0 radical (unpaired) electrons. The van der Waals surface area contributed by atoms with E-state index in [4.69, 9.17) is 28.2 Å². The van der Waals surface area contributed by atoms with Crippen molar-refractivity contribution in [3.63, 3.8) is 0 Å². The van der Waals surface area contributed by atoms with E-state index in [1.54, 1.807) is 6.07 Å². The first-order valence-electron chi connectivity index (χ1n) is 11.6. The normalized spacial score (nSPS) is 13.9. The van der Waals surface area contributed by atoms with Crippen LogP contribution in [0.4, 0.5) is 10.8 Å². The second kappa shape index (κ2) is 10.7. The Hall–Kier alpha value is -2.38. The molecule has 1 aliphatic carbocycles. The number of hydrogen-bond acceptors (Lipinski definition) is 5. The molecule has 8 heteroatoms. The van der Waals surface area contributed by atoms with Gasteiger partial charge in [-0.15, -0.1) is 11.3 Å². The van der Waals surface area contributed by atoms with E-state index in [-0.39, 0.29) is 0 Å². The number of aromatic carboxylic acids is 1. The average molecular weight is 544 g/mol. The molecule has 180 valence electrons. The number of carbonyl (C=O) groups is 1. The molecule has 4 nitrogen and oxygen atoms in total. The Labute approximate surface area is 222 Å². The number of thiophene rings is 1. The Balaban J connectivity index is 1.47. The summed E-state index contributed by atoms with van der Waals surface area (Å²) >= 11 is 15.4. The van der Waals surface area contributed by atoms with Gasteiger partial charge in [-0.2, -0.15) is 0 Å². The van der Waals surface area contributed by atoms with Gasteiger partial charge in [-0.05, 0) is 60.9 Å².